The zero-order chi connectivity index (χ0) is 16.9. The molecule has 2 aliphatic rings. The molecule has 1 fully saturated rings. The Morgan fingerprint density at radius 3 is 2.62 bits per heavy atom. The number of likely N-dealkylation sites (tertiary alicyclic amines) is 1. The highest BCUT2D eigenvalue weighted by molar-refractivity contribution is 6.34. The van der Waals surface area contributed by atoms with Gasteiger partial charge in [-0.25, -0.2) is 0 Å². The van der Waals surface area contributed by atoms with Crippen molar-refractivity contribution in [1.29, 1.82) is 0 Å². The number of amides is 1. The van der Waals surface area contributed by atoms with E-state index in [1.165, 1.54) is 5.56 Å². The lowest BCUT2D eigenvalue weighted by Gasteiger charge is -2.41. The van der Waals surface area contributed by atoms with Crippen molar-refractivity contribution in [3.63, 3.8) is 0 Å². The van der Waals surface area contributed by atoms with Crippen molar-refractivity contribution in [2.45, 2.75) is 18.4 Å². The number of rotatable bonds is 1. The Bertz CT molecular complexity index is 802. The monoisotopic (exact) mass is 341 g/mol. The highest BCUT2D eigenvalue weighted by Gasteiger charge is 2.47. The SMILES string of the molecule is C[N+]1(C)CC[C@H]2[C@@H](C1)c1ccccc1N2C(=O)c1ccccc1Cl. The van der Waals surface area contributed by atoms with Gasteiger partial charge in [-0.15, -0.1) is 0 Å². The number of benzene rings is 2. The average Bonchev–Trinajstić information content (AvgIpc) is 2.87. The van der Waals surface area contributed by atoms with Crippen molar-refractivity contribution in [3.8, 4) is 0 Å². The second-order valence-corrected chi connectivity index (χ2v) is 7.93. The number of halogens is 1. The lowest BCUT2D eigenvalue weighted by Crippen LogP contribution is -2.54. The normalized spacial score (nSPS) is 24.4. The molecule has 2 heterocycles. The lowest BCUT2D eigenvalue weighted by molar-refractivity contribution is -0.896. The third kappa shape index (κ3) is 2.43. The maximum absolute atomic E-state index is 13.3. The number of carbonyl (C=O) groups excluding carboxylic acids is 1. The van der Waals surface area contributed by atoms with E-state index in [0.717, 1.165) is 29.7 Å². The van der Waals surface area contributed by atoms with Gasteiger partial charge in [0, 0.05) is 12.1 Å². The minimum Gasteiger partial charge on any atom is -0.328 e. The number of piperidine rings is 1. The molecule has 2 aromatic rings. The molecule has 2 atom stereocenters. The smallest absolute Gasteiger partial charge is 0.260 e. The van der Waals surface area contributed by atoms with Crippen molar-refractivity contribution in [2.24, 2.45) is 0 Å². The van der Waals surface area contributed by atoms with Gasteiger partial charge in [0.25, 0.3) is 5.91 Å². The second-order valence-electron chi connectivity index (χ2n) is 7.52. The highest BCUT2D eigenvalue weighted by Crippen LogP contribution is 2.46. The van der Waals surface area contributed by atoms with E-state index >= 15 is 0 Å². The molecule has 2 aliphatic heterocycles. The lowest BCUT2D eigenvalue weighted by atomic mass is 9.88. The summed E-state index contributed by atoms with van der Waals surface area (Å²) in [6.07, 6.45) is 1.02. The van der Waals surface area contributed by atoms with Crippen molar-refractivity contribution in [2.75, 3.05) is 32.1 Å². The number of hydrogen-bond acceptors (Lipinski definition) is 1. The van der Waals surface area contributed by atoms with Gasteiger partial charge < -0.3 is 9.38 Å². The standard InChI is InChI=1S/C20H22ClN2O/c1-23(2)12-11-19-16(13-23)14-7-4-6-10-18(14)22(19)20(24)15-8-3-5-9-17(15)21/h3-10,16,19H,11-13H2,1-2H3/q+1/t16-,19-/m0/s1. The molecule has 0 N–H and O–H groups in total. The molecule has 3 nitrogen and oxygen atoms in total. The average molecular weight is 342 g/mol. The topological polar surface area (TPSA) is 20.3 Å². The van der Waals surface area contributed by atoms with E-state index in [1.54, 1.807) is 6.07 Å². The number of hydrogen-bond donors (Lipinski definition) is 0. The second kappa shape index (κ2) is 5.61. The maximum atomic E-state index is 13.3. The first-order chi connectivity index (χ1) is 11.5. The van der Waals surface area contributed by atoms with E-state index in [2.05, 4.69) is 32.3 Å². The van der Waals surface area contributed by atoms with Crippen LogP contribution in [0.2, 0.25) is 5.02 Å². The first-order valence-corrected chi connectivity index (χ1v) is 8.85. The largest absolute Gasteiger partial charge is 0.328 e. The molecule has 4 heteroatoms. The van der Waals surface area contributed by atoms with Crippen LogP contribution in [0.3, 0.4) is 0 Å². The molecule has 0 unspecified atom stereocenters. The number of fused-ring (bicyclic) bond motifs is 3. The third-order valence-corrected chi connectivity index (χ3v) is 5.77. The maximum Gasteiger partial charge on any atom is 0.260 e. The molecule has 124 valence electrons. The Morgan fingerprint density at radius 1 is 1.12 bits per heavy atom. The van der Waals surface area contributed by atoms with Crippen molar-refractivity contribution in [1.82, 2.24) is 0 Å². The van der Waals surface area contributed by atoms with Crippen LogP contribution in [0, 0.1) is 0 Å². The van der Waals surface area contributed by atoms with Gasteiger partial charge in [0.05, 0.1) is 49.7 Å². The van der Waals surface area contributed by atoms with Gasteiger partial charge in [0.1, 0.15) is 0 Å². The van der Waals surface area contributed by atoms with Crippen molar-refractivity contribution >= 4 is 23.2 Å². The fourth-order valence-corrected chi connectivity index (χ4v) is 4.48. The van der Waals surface area contributed by atoms with Gasteiger partial charge in [-0.3, -0.25) is 4.79 Å². The van der Waals surface area contributed by atoms with Gasteiger partial charge in [0.15, 0.2) is 0 Å². The summed E-state index contributed by atoms with van der Waals surface area (Å²) in [6.45, 7) is 2.15. The van der Waals surface area contributed by atoms with Crippen LogP contribution in [0.1, 0.15) is 28.3 Å². The Balaban J connectivity index is 1.79. The predicted octanol–water partition coefficient (Wildman–Crippen LogP) is 3.93. The van der Waals surface area contributed by atoms with Crippen LogP contribution in [0.15, 0.2) is 48.5 Å². The van der Waals surface area contributed by atoms with Crippen LogP contribution in [0.4, 0.5) is 5.69 Å². The molecular weight excluding hydrogens is 320 g/mol. The minimum absolute atomic E-state index is 0.0211. The van der Waals surface area contributed by atoms with E-state index in [-0.39, 0.29) is 11.9 Å². The summed E-state index contributed by atoms with van der Waals surface area (Å²) in [7, 11) is 4.55. The van der Waals surface area contributed by atoms with Gasteiger partial charge in [-0.1, -0.05) is 41.9 Å². The van der Waals surface area contributed by atoms with Crippen LogP contribution in [0.5, 0.6) is 0 Å². The van der Waals surface area contributed by atoms with Crippen LogP contribution in [0.25, 0.3) is 0 Å². The Kier molecular flexibility index (Phi) is 3.66. The molecule has 2 aromatic carbocycles. The molecule has 0 aliphatic carbocycles. The summed E-state index contributed by atoms with van der Waals surface area (Å²) < 4.78 is 1.00. The van der Waals surface area contributed by atoms with E-state index < -0.39 is 0 Å². The van der Waals surface area contributed by atoms with E-state index in [4.69, 9.17) is 11.6 Å². The number of para-hydroxylation sites is 1. The molecule has 0 spiro atoms. The van der Waals surface area contributed by atoms with Crippen LogP contribution >= 0.6 is 11.6 Å². The van der Waals surface area contributed by atoms with Gasteiger partial charge >= 0.3 is 0 Å². The summed E-state index contributed by atoms with van der Waals surface area (Å²) in [5.74, 6) is 0.421. The summed E-state index contributed by atoms with van der Waals surface area (Å²) >= 11 is 6.29. The number of quaternary nitrogens is 1. The first-order valence-electron chi connectivity index (χ1n) is 8.47. The van der Waals surface area contributed by atoms with Crippen LogP contribution in [-0.4, -0.2) is 43.6 Å². The van der Waals surface area contributed by atoms with Gasteiger partial charge in [0.2, 0.25) is 0 Å². The third-order valence-electron chi connectivity index (χ3n) is 5.44. The zero-order valence-corrected chi connectivity index (χ0v) is 14.8. The Hall–Kier alpha value is -1.84. The fraction of sp³-hybridized carbons (Fsp3) is 0.350. The fourth-order valence-electron chi connectivity index (χ4n) is 4.27. The highest BCUT2D eigenvalue weighted by atomic mass is 35.5. The summed E-state index contributed by atoms with van der Waals surface area (Å²) in [4.78, 5) is 15.3. The van der Waals surface area contributed by atoms with E-state index in [9.17, 15) is 4.79 Å². The summed E-state index contributed by atoms with van der Waals surface area (Å²) in [6, 6.07) is 15.9. The number of carbonyl (C=O) groups is 1. The van der Waals surface area contributed by atoms with E-state index in [1.807, 2.05) is 29.2 Å². The van der Waals surface area contributed by atoms with Crippen LogP contribution in [-0.2, 0) is 0 Å². The molecule has 1 amide bonds. The first kappa shape index (κ1) is 15.7. The molecule has 0 bridgehead atoms. The molecular formula is C20H22ClN2O+. The Labute approximate surface area is 148 Å². The summed E-state index contributed by atoms with van der Waals surface area (Å²) in [5.41, 5.74) is 2.95. The molecule has 0 saturated carbocycles. The molecule has 24 heavy (non-hydrogen) atoms. The minimum atomic E-state index is 0.0211. The van der Waals surface area contributed by atoms with Gasteiger partial charge in [-0.05, 0) is 23.8 Å². The van der Waals surface area contributed by atoms with Gasteiger partial charge in [-0.2, -0.15) is 0 Å². The molecule has 1 saturated heterocycles. The quantitative estimate of drug-likeness (QED) is 0.720. The Morgan fingerprint density at radius 2 is 1.83 bits per heavy atom. The molecule has 0 aromatic heterocycles. The summed E-state index contributed by atoms with van der Waals surface area (Å²) in [5, 5.41) is 0.523. The van der Waals surface area contributed by atoms with Crippen molar-refractivity contribution in [3.05, 3.63) is 64.7 Å². The predicted molar refractivity (Wildman–Crippen MR) is 97.7 cm³/mol. The number of nitrogens with zero attached hydrogens (tertiary/aromatic N) is 2. The number of likely N-dealkylation sites (N-methyl/N-ethyl adjacent to an activating group) is 1. The molecule has 4 rings (SSSR count). The van der Waals surface area contributed by atoms with Crippen LogP contribution < -0.4 is 4.90 Å². The molecule has 0 radical (unpaired) electrons. The number of anilines is 1. The van der Waals surface area contributed by atoms with E-state index in [0.29, 0.717) is 16.5 Å². The zero-order valence-electron chi connectivity index (χ0n) is 14.1. The van der Waals surface area contributed by atoms with Crippen molar-refractivity contribution < 1.29 is 9.28 Å².